The monoisotopic (exact) mass is 462 g/mol. The van der Waals surface area contributed by atoms with E-state index in [1.54, 1.807) is 20.8 Å². The molecule has 1 aromatic carbocycles. The van der Waals surface area contributed by atoms with Crippen LogP contribution >= 0.6 is 11.8 Å². The zero-order valence-corrected chi connectivity index (χ0v) is 18.8. The summed E-state index contributed by atoms with van der Waals surface area (Å²) in [7, 11) is 0. The first kappa shape index (κ1) is 22.6. The Morgan fingerprint density at radius 2 is 2.00 bits per heavy atom. The average Bonchev–Trinajstić information content (AvgIpc) is 2.72. The molecule has 3 heterocycles. The van der Waals surface area contributed by atoms with Gasteiger partial charge in [-0.05, 0) is 33.3 Å². The summed E-state index contributed by atoms with van der Waals surface area (Å²) in [6, 6.07) is 2.41. The highest BCUT2D eigenvalue weighted by Gasteiger charge is 2.49. The smallest absolute Gasteiger partial charge is 0.413 e. The van der Waals surface area contributed by atoms with E-state index in [9.17, 15) is 9.18 Å². The van der Waals surface area contributed by atoms with Crippen LogP contribution < -0.4 is 5.32 Å². The summed E-state index contributed by atoms with van der Waals surface area (Å²) in [6.45, 7) is 6.42. The summed E-state index contributed by atoms with van der Waals surface area (Å²) >= 11 is 1.26. The average molecular weight is 463 g/mol. The van der Waals surface area contributed by atoms with E-state index in [2.05, 4.69) is 20.3 Å². The van der Waals surface area contributed by atoms with Gasteiger partial charge in [-0.15, -0.1) is 0 Å². The van der Waals surface area contributed by atoms with Crippen molar-refractivity contribution in [2.45, 2.75) is 37.5 Å². The number of nitrogens with zero attached hydrogens (tertiary/aromatic N) is 3. The van der Waals surface area contributed by atoms with Crippen LogP contribution in [0.2, 0.25) is 0 Å². The first-order valence-corrected chi connectivity index (χ1v) is 11.1. The van der Waals surface area contributed by atoms with Crippen LogP contribution in [0.15, 0.2) is 35.8 Å². The number of carbonyl (C=O) groups is 1. The van der Waals surface area contributed by atoms with Crippen molar-refractivity contribution < 1.29 is 23.0 Å². The number of rotatable bonds is 2. The number of aromatic nitrogens is 2. The molecule has 0 bridgehead atoms. The lowest BCUT2D eigenvalue weighted by Crippen LogP contribution is -2.48. The maximum absolute atomic E-state index is 15.2. The first-order valence-electron chi connectivity index (χ1n) is 10.2. The van der Waals surface area contributed by atoms with Gasteiger partial charge in [0, 0.05) is 54.2 Å². The predicted octanol–water partition coefficient (Wildman–Crippen LogP) is 4.28. The van der Waals surface area contributed by atoms with Crippen LogP contribution in [-0.4, -0.2) is 46.6 Å². The first-order chi connectivity index (χ1) is 15.2. The molecule has 7 nitrogen and oxygen atoms in total. The predicted molar refractivity (Wildman–Crippen MR) is 117 cm³/mol. The minimum absolute atomic E-state index is 0.148. The number of halogens is 2. The third kappa shape index (κ3) is 4.61. The maximum atomic E-state index is 15.2. The number of aliphatic imine (C=N–C) groups is 1. The van der Waals surface area contributed by atoms with Gasteiger partial charge in [0.05, 0.1) is 11.4 Å². The van der Waals surface area contributed by atoms with Crippen molar-refractivity contribution in [2.24, 2.45) is 10.9 Å². The molecular weight excluding hydrogens is 438 g/mol. The Kier molecular flexibility index (Phi) is 6.17. The topological polar surface area (TPSA) is 85.7 Å². The Labute approximate surface area is 189 Å². The third-order valence-corrected chi connectivity index (χ3v) is 6.87. The highest BCUT2D eigenvalue weighted by molar-refractivity contribution is 8.14. The van der Waals surface area contributed by atoms with Crippen LogP contribution in [0.5, 0.6) is 0 Å². The van der Waals surface area contributed by atoms with Gasteiger partial charge in [-0.1, -0.05) is 11.8 Å². The highest BCUT2D eigenvalue weighted by Crippen LogP contribution is 2.52. The number of thioether (sulfide) groups is 1. The van der Waals surface area contributed by atoms with E-state index in [0.717, 1.165) is 6.07 Å². The van der Waals surface area contributed by atoms with Gasteiger partial charge in [-0.2, -0.15) is 0 Å². The van der Waals surface area contributed by atoms with Crippen molar-refractivity contribution >= 4 is 23.0 Å². The molecule has 2 aromatic rings. The third-order valence-electron chi connectivity index (χ3n) is 5.32. The van der Waals surface area contributed by atoms with E-state index in [1.165, 1.54) is 36.5 Å². The van der Waals surface area contributed by atoms with Gasteiger partial charge in [-0.25, -0.2) is 23.5 Å². The van der Waals surface area contributed by atoms with E-state index in [4.69, 9.17) is 9.47 Å². The van der Waals surface area contributed by atoms with Crippen molar-refractivity contribution in [2.75, 3.05) is 19.8 Å². The number of benzene rings is 1. The van der Waals surface area contributed by atoms with Crippen LogP contribution in [0.1, 0.15) is 32.8 Å². The van der Waals surface area contributed by atoms with E-state index >= 15 is 4.39 Å². The molecule has 32 heavy (non-hydrogen) atoms. The fourth-order valence-electron chi connectivity index (χ4n) is 3.92. The molecule has 4 rings (SSSR count). The van der Waals surface area contributed by atoms with Crippen LogP contribution in [0, 0.1) is 17.6 Å². The van der Waals surface area contributed by atoms with Gasteiger partial charge in [0.2, 0.25) is 0 Å². The molecule has 2 atom stereocenters. The molecular formula is C22H24F2N4O3S. The number of alkyl carbamates (subject to hydrolysis) is 1. The molecule has 1 fully saturated rings. The van der Waals surface area contributed by atoms with Crippen LogP contribution in [-0.2, 0) is 14.2 Å². The van der Waals surface area contributed by atoms with E-state index in [1.807, 2.05) is 0 Å². The summed E-state index contributed by atoms with van der Waals surface area (Å²) in [5.74, 6) is -1.49. The lowest BCUT2D eigenvalue weighted by Gasteiger charge is -2.45. The molecule has 2 aliphatic heterocycles. The zero-order chi connectivity index (χ0) is 22.9. The van der Waals surface area contributed by atoms with Crippen molar-refractivity contribution in [1.82, 2.24) is 15.3 Å². The summed E-state index contributed by atoms with van der Waals surface area (Å²) in [5, 5.41) is 3.01. The molecule has 2 aliphatic rings. The Balaban J connectivity index is 1.72. The summed E-state index contributed by atoms with van der Waals surface area (Å²) in [5.41, 5.74) is 0.340. The molecule has 0 aliphatic carbocycles. The summed E-state index contributed by atoms with van der Waals surface area (Å²) in [6.07, 6.45) is 4.16. The van der Waals surface area contributed by atoms with Gasteiger partial charge >= 0.3 is 6.09 Å². The van der Waals surface area contributed by atoms with E-state index in [-0.39, 0.29) is 11.5 Å². The van der Waals surface area contributed by atoms with Crippen molar-refractivity contribution in [3.05, 3.63) is 48.1 Å². The minimum atomic E-state index is -0.785. The molecule has 1 saturated heterocycles. The maximum Gasteiger partial charge on any atom is 0.413 e. The molecule has 1 aromatic heterocycles. The van der Waals surface area contributed by atoms with Crippen LogP contribution in [0.25, 0.3) is 11.1 Å². The second-order valence-corrected chi connectivity index (χ2v) is 10.0. The second-order valence-electron chi connectivity index (χ2n) is 8.73. The number of amides is 1. The Bertz CT molecular complexity index is 1050. The van der Waals surface area contributed by atoms with Gasteiger partial charge in [0.15, 0.2) is 5.17 Å². The number of nitrogens with one attached hydrogen (secondary N) is 1. The molecule has 1 N–H and O–H groups in total. The Morgan fingerprint density at radius 1 is 1.25 bits per heavy atom. The minimum Gasteiger partial charge on any atom is -0.444 e. The van der Waals surface area contributed by atoms with Gasteiger partial charge in [-0.3, -0.25) is 10.3 Å². The molecule has 1 amide bonds. The molecule has 170 valence electrons. The normalized spacial score (nSPS) is 23.2. The lowest BCUT2D eigenvalue weighted by atomic mass is 9.80. The number of carbonyl (C=O) groups excluding carboxylic acids is 1. The van der Waals surface area contributed by atoms with Gasteiger partial charge in [0.25, 0.3) is 0 Å². The number of hydrogen-bond acceptors (Lipinski definition) is 7. The second kappa shape index (κ2) is 8.74. The van der Waals surface area contributed by atoms with Gasteiger partial charge in [0.1, 0.15) is 23.6 Å². The van der Waals surface area contributed by atoms with E-state index < -0.39 is 28.1 Å². The summed E-state index contributed by atoms with van der Waals surface area (Å²) < 4.78 is 40.1. The Morgan fingerprint density at radius 3 is 2.72 bits per heavy atom. The molecule has 0 spiro atoms. The molecule has 10 heteroatoms. The fourth-order valence-corrected chi connectivity index (χ4v) is 5.30. The number of hydrogen-bond donors (Lipinski definition) is 1. The van der Waals surface area contributed by atoms with E-state index in [0.29, 0.717) is 42.5 Å². The largest absolute Gasteiger partial charge is 0.444 e. The Hall–Kier alpha value is -2.59. The van der Waals surface area contributed by atoms with Crippen LogP contribution in [0.3, 0.4) is 0 Å². The van der Waals surface area contributed by atoms with Crippen molar-refractivity contribution in [1.29, 1.82) is 0 Å². The summed E-state index contributed by atoms with van der Waals surface area (Å²) in [4.78, 5) is 24.6. The van der Waals surface area contributed by atoms with Crippen molar-refractivity contribution in [3.63, 3.8) is 0 Å². The van der Waals surface area contributed by atoms with Gasteiger partial charge < -0.3 is 9.47 Å². The quantitative estimate of drug-likeness (QED) is 0.717. The molecule has 0 radical (unpaired) electrons. The SMILES string of the molecule is CC(C)(C)OC(=O)NC1=NCC2COCCC2(c2cc(-c3cncnc3)c(F)cc2F)S1. The fraction of sp³-hybridized carbons (Fsp3) is 0.455. The highest BCUT2D eigenvalue weighted by atomic mass is 32.2. The number of amidine groups is 1. The van der Waals surface area contributed by atoms with Crippen molar-refractivity contribution in [3.8, 4) is 11.1 Å². The zero-order valence-electron chi connectivity index (χ0n) is 18.0. The molecule has 0 saturated carbocycles. The number of ether oxygens (including phenoxy) is 2. The standard InChI is InChI=1S/C22H24F2N4O3S/c1-21(2,3)31-20(29)28-19-27-10-14-11-30-5-4-22(14,32-19)16-6-15(17(23)7-18(16)24)13-8-25-12-26-9-13/h6-9,12,14H,4-5,10-11H2,1-3H3,(H,27,28,29). The molecule has 2 unspecified atom stereocenters. The number of fused-ring (bicyclic) bond motifs is 1. The van der Waals surface area contributed by atoms with Crippen LogP contribution in [0.4, 0.5) is 13.6 Å². The lowest BCUT2D eigenvalue weighted by molar-refractivity contribution is 0.0317.